The van der Waals surface area contributed by atoms with Crippen LogP contribution >= 0.6 is 11.6 Å². The van der Waals surface area contributed by atoms with Gasteiger partial charge in [0, 0.05) is 6.54 Å². The van der Waals surface area contributed by atoms with Gasteiger partial charge in [0.1, 0.15) is 23.0 Å². The summed E-state index contributed by atoms with van der Waals surface area (Å²) in [5.41, 5.74) is 5.54. The molecule has 5 nitrogen and oxygen atoms in total. The van der Waals surface area contributed by atoms with Crippen LogP contribution in [0.5, 0.6) is 0 Å². The lowest BCUT2D eigenvalue weighted by Gasteiger charge is -2.11. The Balaban J connectivity index is 2.41. The van der Waals surface area contributed by atoms with Gasteiger partial charge in [-0.1, -0.05) is 11.6 Å². The summed E-state index contributed by atoms with van der Waals surface area (Å²) < 4.78 is 0. The van der Waals surface area contributed by atoms with E-state index in [1.165, 1.54) is 6.33 Å². The van der Waals surface area contributed by atoms with Crippen molar-refractivity contribution in [3.8, 4) is 0 Å². The van der Waals surface area contributed by atoms with Gasteiger partial charge in [-0.3, -0.25) is 0 Å². The molecule has 6 heteroatoms. The van der Waals surface area contributed by atoms with Crippen LogP contribution in [0.4, 0.5) is 11.6 Å². The molecule has 0 aliphatic carbocycles. The second kappa shape index (κ2) is 5.72. The van der Waals surface area contributed by atoms with E-state index in [2.05, 4.69) is 20.2 Å². The Morgan fingerprint density at radius 1 is 1.47 bits per heavy atom. The highest BCUT2D eigenvalue weighted by Crippen LogP contribution is 2.22. The SMILES string of the molecule is CN(C)CCCNc1ncnc(N)c1Cl. The molecule has 0 radical (unpaired) electrons. The van der Waals surface area contributed by atoms with Crippen molar-refractivity contribution < 1.29 is 0 Å². The van der Waals surface area contributed by atoms with Crippen molar-refractivity contribution >= 4 is 23.2 Å². The predicted octanol–water partition coefficient (Wildman–Crippen LogP) is 1.08. The van der Waals surface area contributed by atoms with E-state index >= 15 is 0 Å². The molecule has 84 valence electrons. The van der Waals surface area contributed by atoms with E-state index in [0.717, 1.165) is 19.5 Å². The number of halogens is 1. The highest BCUT2D eigenvalue weighted by atomic mass is 35.5. The fourth-order valence-corrected chi connectivity index (χ4v) is 1.27. The van der Waals surface area contributed by atoms with Gasteiger partial charge in [-0.2, -0.15) is 0 Å². The lowest BCUT2D eigenvalue weighted by Crippen LogP contribution is -2.16. The molecule has 0 aromatic carbocycles. The number of nitrogens with two attached hydrogens (primary N) is 1. The fourth-order valence-electron chi connectivity index (χ4n) is 1.11. The average molecular weight is 230 g/mol. The standard InChI is InChI=1S/C9H16ClN5/c1-15(2)5-3-4-12-9-7(10)8(11)13-6-14-9/h6H,3-5H2,1-2H3,(H3,11,12,13,14). The molecule has 0 saturated carbocycles. The molecular weight excluding hydrogens is 214 g/mol. The molecule has 0 spiro atoms. The average Bonchev–Trinajstić information content (AvgIpc) is 2.18. The number of nitrogens with one attached hydrogen (secondary N) is 1. The second-order valence-electron chi connectivity index (χ2n) is 3.51. The Hall–Kier alpha value is -1.07. The molecule has 0 amide bonds. The van der Waals surface area contributed by atoms with Gasteiger partial charge < -0.3 is 16.0 Å². The topological polar surface area (TPSA) is 67.1 Å². The molecule has 1 aromatic rings. The molecule has 1 aromatic heterocycles. The summed E-state index contributed by atoms with van der Waals surface area (Å²) in [4.78, 5) is 9.91. The zero-order valence-corrected chi connectivity index (χ0v) is 9.75. The van der Waals surface area contributed by atoms with Crippen molar-refractivity contribution in [2.75, 3.05) is 38.2 Å². The second-order valence-corrected chi connectivity index (χ2v) is 3.88. The number of anilines is 2. The van der Waals surface area contributed by atoms with E-state index in [1.807, 2.05) is 14.1 Å². The summed E-state index contributed by atoms with van der Waals surface area (Å²) in [6.45, 7) is 1.83. The molecule has 0 bridgehead atoms. The highest BCUT2D eigenvalue weighted by molar-refractivity contribution is 6.35. The van der Waals surface area contributed by atoms with E-state index < -0.39 is 0 Å². The number of nitrogen functional groups attached to an aromatic ring is 1. The predicted molar refractivity (Wildman–Crippen MR) is 63.1 cm³/mol. The third kappa shape index (κ3) is 3.89. The molecule has 1 rings (SSSR count). The summed E-state index contributed by atoms with van der Waals surface area (Å²) in [5, 5.41) is 3.51. The number of hydrogen-bond donors (Lipinski definition) is 2. The summed E-state index contributed by atoms with van der Waals surface area (Å²) in [6, 6.07) is 0. The summed E-state index contributed by atoms with van der Waals surface area (Å²) in [5.74, 6) is 0.907. The molecule has 1 heterocycles. The molecule has 0 saturated heterocycles. The monoisotopic (exact) mass is 229 g/mol. The third-order valence-electron chi connectivity index (χ3n) is 1.89. The van der Waals surface area contributed by atoms with Crippen LogP contribution in [0, 0.1) is 0 Å². The lowest BCUT2D eigenvalue weighted by molar-refractivity contribution is 0.405. The molecule has 0 aliphatic rings. The molecule has 0 atom stereocenters. The maximum Gasteiger partial charge on any atom is 0.150 e. The normalized spacial score (nSPS) is 10.7. The Morgan fingerprint density at radius 3 is 2.87 bits per heavy atom. The maximum absolute atomic E-state index is 5.91. The maximum atomic E-state index is 5.91. The van der Waals surface area contributed by atoms with Crippen LogP contribution in [0.15, 0.2) is 6.33 Å². The minimum atomic E-state index is 0.307. The van der Waals surface area contributed by atoms with Gasteiger partial charge in [0.2, 0.25) is 0 Å². The van der Waals surface area contributed by atoms with Crippen molar-refractivity contribution in [3.05, 3.63) is 11.3 Å². The van der Waals surface area contributed by atoms with Crippen molar-refractivity contribution in [1.82, 2.24) is 14.9 Å². The van der Waals surface area contributed by atoms with E-state index in [1.54, 1.807) is 0 Å². The van der Waals surface area contributed by atoms with Gasteiger partial charge in [-0.25, -0.2) is 9.97 Å². The Labute approximate surface area is 94.6 Å². The van der Waals surface area contributed by atoms with Gasteiger partial charge in [-0.15, -0.1) is 0 Å². The minimum absolute atomic E-state index is 0.307. The van der Waals surface area contributed by atoms with Gasteiger partial charge in [0.05, 0.1) is 0 Å². The van der Waals surface area contributed by atoms with E-state index in [-0.39, 0.29) is 0 Å². The molecule has 0 fully saturated rings. The van der Waals surface area contributed by atoms with E-state index in [9.17, 15) is 0 Å². The highest BCUT2D eigenvalue weighted by Gasteiger charge is 2.04. The van der Waals surface area contributed by atoms with Crippen molar-refractivity contribution in [1.29, 1.82) is 0 Å². The van der Waals surface area contributed by atoms with Crippen LogP contribution < -0.4 is 11.1 Å². The van der Waals surface area contributed by atoms with Crippen molar-refractivity contribution in [2.24, 2.45) is 0 Å². The van der Waals surface area contributed by atoms with Crippen LogP contribution in [-0.2, 0) is 0 Å². The van der Waals surface area contributed by atoms with Crippen LogP contribution in [0.25, 0.3) is 0 Å². The number of nitrogens with zero attached hydrogens (tertiary/aromatic N) is 3. The van der Waals surface area contributed by atoms with Gasteiger partial charge >= 0.3 is 0 Å². The van der Waals surface area contributed by atoms with Crippen LogP contribution in [-0.4, -0.2) is 42.1 Å². The third-order valence-corrected chi connectivity index (χ3v) is 2.26. The van der Waals surface area contributed by atoms with Gasteiger partial charge in [-0.05, 0) is 27.1 Å². The number of rotatable bonds is 5. The van der Waals surface area contributed by atoms with Crippen LogP contribution in [0.2, 0.25) is 5.02 Å². The largest absolute Gasteiger partial charge is 0.382 e. The van der Waals surface area contributed by atoms with E-state index in [0.29, 0.717) is 16.7 Å². The van der Waals surface area contributed by atoms with Gasteiger partial charge in [0.15, 0.2) is 0 Å². The molecule has 0 unspecified atom stereocenters. The molecule has 0 aliphatic heterocycles. The quantitative estimate of drug-likeness (QED) is 0.740. The lowest BCUT2D eigenvalue weighted by atomic mass is 10.4. The Kier molecular flexibility index (Phi) is 4.58. The summed E-state index contributed by atoms with van der Waals surface area (Å²) in [6.07, 6.45) is 2.42. The van der Waals surface area contributed by atoms with Crippen molar-refractivity contribution in [2.45, 2.75) is 6.42 Å². The first kappa shape index (κ1) is 12.0. The Morgan fingerprint density at radius 2 is 2.20 bits per heavy atom. The fraction of sp³-hybridized carbons (Fsp3) is 0.556. The zero-order chi connectivity index (χ0) is 11.3. The zero-order valence-electron chi connectivity index (χ0n) is 9.00. The van der Waals surface area contributed by atoms with E-state index in [4.69, 9.17) is 17.3 Å². The van der Waals surface area contributed by atoms with Crippen LogP contribution in [0.3, 0.4) is 0 Å². The first-order valence-corrected chi connectivity index (χ1v) is 5.13. The smallest absolute Gasteiger partial charge is 0.150 e. The summed E-state index contributed by atoms with van der Waals surface area (Å²) in [7, 11) is 4.07. The Bertz CT molecular complexity index is 315. The molecule has 3 N–H and O–H groups in total. The first-order valence-electron chi connectivity index (χ1n) is 4.76. The van der Waals surface area contributed by atoms with Crippen molar-refractivity contribution in [3.63, 3.8) is 0 Å². The minimum Gasteiger partial charge on any atom is -0.382 e. The number of hydrogen-bond acceptors (Lipinski definition) is 5. The van der Waals surface area contributed by atoms with Gasteiger partial charge in [0.25, 0.3) is 0 Å². The molecular formula is C9H16ClN5. The first-order chi connectivity index (χ1) is 7.11. The molecule has 15 heavy (non-hydrogen) atoms. The summed E-state index contributed by atoms with van der Waals surface area (Å²) >= 11 is 5.91. The van der Waals surface area contributed by atoms with Crippen LogP contribution in [0.1, 0.15) is 6.42 Å². The number of aromatic nitrogens is 2.